The molecular formula is C14H17N3O2. The highest BCUT2D eigenvalue weighted by Crippen LogP contribution is 2.16. The van der Waals surface area contributed by atoms with Gasteiger partial charge in [0, 0.05) is 5.56 Å². The topological polar surface area (TPSA) is 67.0 Å². The quantitative estimate of drug-likeness (QED) is 0.810. The standard InChI is InChI=1S/C14H17N3O2/c1-10(2)9-19-17-14(18)13-8-12(15-16-13)11-6-4-3-5-7-11/h3-8,10H,9H2,1-2H3,(H,15,16)(H,17,18). The Morgan fingerprint density at radius 3 is 2.79 bits per heavy atom. The first-order valence-electron chi connectivity index (χ1n) is 6.20. The summed E-state index contributed by atoms with van der Waals surface area (Å²) >= 11 is 0. The molecular weight excluding hydrogens is 242 g/mol. The largest absolute Gasteiger partial charge is 0.292 e. The van der Waals surface area contributed by atoms with E-state index in [9.17, 15) is 4.79 Å². The highest BCUT2D eigenvalue weighted by molar-refractivity contribution is 5.92. The number of benzene rings is 1. The number of nitrogens with zero attached hydrogens (tertiary/aromatic N) is 1. The summed E-state index contributed by atoms with van der Waals surface area (Å²) < 4.78 is 0. The van der Waals surface area contributed by atoms with Crippen molar-refractivity contribution in [2.75, 3.05) is 6.61 Å². The minimum absolute atomic E-state index is 0.324. The molecule has 0 aliphatic rings. The van der Waals surface area contributed by atoms with Gasteiger partial charge in [-0.05, 0) is 12.0 Å². The minimum atomic E-state index is -0.324. The maximum Gasteiger partial charge on any atom is 0.292 e. The van der Waals surface area contributed by atoms with E-state index in [1.54, 1.807) is 6.07 Å². The molecule has 1 heterocycles. The molecule has 2 aromatic rings. The van der Waals surface area contributed by atoms with E-state index in [0.29, 0.717) is 18.2 Å². The fourth-order valence-corrected chi connectivity index (χ4v) is 1.52. The van der Waals surface area contributed by atoms with Crippen LogP contribution in [0, 0.1) is 5.92 Å². The average Bonchev–Trinajstić information content (AvgIpc) is 2.89. The molecule has 0 spiro atoms. The SMILES string of the molecule is CC(C)CONC(=O)c1cc(-c2ccccc2)n[nH]1. The summed E-state index contributed by atoms with van der Waals surface area (Å²) in [5.41, 5.74) is 4.45. The van der Waals surface area contributed by atoms with Crippen LogP contribution in [-0.2, 0) is 4.84 Å². The number of carbonyl (C=O) groups is 1. The molecule has 19 heavy (non-hydrogen) atoms. The predicted molar refractivity (Wildman–Crippen MR) is 72.3 cm³/mol. The second-order valence-corrected chi connectivity index (χ2v) is 4.67. The molecule has 5 heteroatoms. The zero-order valence-corrected chi connectivity index (χ0v) is 11.0. The van der Waals surface area contributed by atoms with Crippen molar-refractivity contribution in [2.45, 2.75) is 13.8 Å². The first-order valence-corrected chi connectivity index (χ1v) is 6.20. The Labute approximate surface area is 111 Å². The van der Waals surface area contributed by atoms with Gasteiger partial charge in [0.2, 0.25) is 0 Å². The van der Waals surface area contributed by atoms with Crippen molar-refractivity contribution in [3.8, 4) is 11.3 Å². The molecule has 0 bridgehead atoms. The number of nitrogens with one attached hydrogen (secondary N) is 2. The summed E-state index contributed by atoms with van der Waals surface area (Å²) in [6, 6.07) is 11.4. The van der Waals surface area contributed by atoms with E-state index < -0.39 is 0 Å². The molecule has 1 aromatic heterocycles. The highest BCUT2D eigenvalue weighted by Gasteiger charge is 2.10. The van der Waals surface area contributed by atoms with Gasteiger partial charge in [-0.1, -0.05) is 44.2 Å². The van der Waals surface area contributed by atoms with Crippen LogP contribution >= 0.6 is 0 Å². The van der Waals surface area contributed by atoms with E-state index in [2.05, 4.69) is 15.7 Å². The first-order chi connectivity index (χ1) is 9.16. The third-order valence-electron chi connectivity index (χ3n) is 2.47. The predicted octanol–water partition coefficient (Wildman–Crippen LogP) is 2.39. The molecule has 0 aliphatic heterocycles. The number of hydrogen-bond acceptors (Lipinski definition) is 3. The van der Waals surface area contributed by atoms with Crippen LogP contribution in [0.4, 0.5) is 0 Å². The van der Waals surface area contributed by atoms with Gasteiger partial charge in [-0.3, -0.25) is 14.7 Å². The van der Waals surface area contributed by atoms with Crippen molar-refractivity contribution in [3.05, 3.63) is 42.1 Å². The maximum atomic E-state index is 11.8. The molecule has 0 saturated carbocycles. The fourth-order valence-electron chi connectivity index (χ4n) is 1.52. The molecule has 0 unspecified atom stereocenters. The fraction of sp³-hybridized carbons (Fsp3) is 0.286. The smallest absolute Gasteiger partial charge is 0.273 e. The van der Waals surface area contributed by atoms with E-state index in [4.69, 9.17) is 4.84 Å². The molecule has 1 amide bonds. The Balaban J connectivity index is 1.99. The van der Waals surface area contributed by atoms with Gasteiger partial charge < -0.3 is 0 Å². The number of H-pyrrole nitrogens is 1. The number of aromatic amines is 1. The molecule has 0 aliphatic carbocycles. The Morgan fingerprint density at radius 1 is 1.37 bits per heavy atom. The van der Waals surface area contributed by atoms with Gasteiger partial charge in [0.25, 0.3) is 5.91 Å². The number of carbonyl (C=O) groups excluding carboxylic acids is 1. The Kier molecular flexibility index (Phi) is 4.30. The Hall–Kier alpha value is -2.14. The van der Waals surface area contributed by atoms with Gasteiger partial charge in [0.1, 0.15) is 5.69 Å². The number of aromatic nitrogens is 2. The second kappa shape index (κ2) is 6.15. The van der Waals surface area contributed by atoms with Crippen molar-refractivity contribution in [3.63, 3.8) is 0 Å². The van der Waals surface area contributed by atoms with E-state index in [-0.39, 0.29) is 5.91 Å². The van der Waals surface area contributed by atoms with Crippen LogP contribution in [0.15, 0.2) is 36.4 Å². The van der Waals surface area contributed by atoms with Crippen LogP contribution in [0.2, 0.25) is 0 Å². The number of hydroxylamine groups is 1. The summed E-state index contributed by atoms with van der Waals surface area (Å²) in [5, 5.41) is 6.81. The molecule has 2 N–H and O–H groups in total. The van der Waals surface area contributed by atoms with E-state index in [1.807, 2.05) is 44.2 Å². The molecule has 0 saturated heterocycles. The van der Waals surface area contributed by atoms with Crippen LogP contribution in [0.25, 0.3) is 11.3 Å². The van der Waals surface area contributed by atoms with Crippen LogP contribution < -0.4 is 5.48 Å². The molecule has 0 atom stereocenters. The number of amides is 1. The van der Waals surface area contributed by atoms with Crippen molar-refractivity contribution < 1.29 is 9.63 Å². The summed E-state index contributed by atoms with van der Waals surface area (Å²) in [4.78, 5) is 16.8. The van der Waals surface area contributed by atoms with Gasteiger partial charge >= 0.3 is 0 Å². The van der Waals surface area contributed by atoms with Crippen LogP contribution in [0.1, 0.15) is 24.3 Å². The minimum Gasteiger partial charge on any atom is -0.273 e. The number of rotatable bonds is 5. The Morgan fingerprint density at radius 2 is 2.11 bits per heavy atom. The number of hydrogen-bond donors (Lipinski definition) is 2. The van der Waals surface area contributed by atoms with Gasteiger partial charge in [-0.2, -0.15) is 5.10 Å². The summed E-state index contributed by atoms with van der Waals surface area (Å²) in [7, 11) is 0. The third-order valence-corrected chi connectivity index (χ3v) is 2.47. The molecule has 100 valence electrons. The van der Waals surface area contributed by atoms with E-state index >= 15 is 0 Å². The van der Waals surface area contributed by atoms with Crippen LogP contribution in [0.3, 0.4) is 0 Å². The molecule has 0 fully saturated rings. The monoisotopic (exact) mass is 259 g/mol. The third kappa shape index (κ3) is 3.66. The van der Waals surface area contributed by atoms with Crippen molar-refractivity contribution in [1.29, 1.82) is 0 Å². The van der Waals surface area contributed by atoms with Gasteiger partial charge in [-0.15, -0.1) is 0 Å². The lowest BCUT2D eigenvalue weighted by Crippen LogP contribution is -2.25. The highest BCUT2D eigenvalue weighted by atomic mass is 16.6. The van der Waals surface area contributed by atoms with E-state index in [0.717, 1.165) is 11.3 Å². The average molecular weight is 259 g/mol. The maximum absolute atomic E-state index is 11.8. The molecule has 5 nitrogen and oxygen atoms in total. The van der Waals surface area contributed by atoms with Crippen LogP contribution in [0.5, 0.6) is 0 Å². The normalized spacial score (nSPS) is 10.7. The Bertz CT molecular complexity index is 535. The van der Waals surface area contributed by atoms with Crippen molar-refractivity contribution in [2.24, 2.45) is 5.92 Å². The summed E-state index contributed by atoms with van der Waals surface area (Å²) in [5.74, 6) is 0.0391. The lowest BCUT2D eigenvalue weighted by Gasteiger charge is -2.06. The lowest BCUT2D eigenvalue weighted by molar-refractivity contribution is 0.0205. The van der Waals surface area contributed by atoms with Crippen LogP contribution in [-0.4, -0.2) is 22.7 Å². The lowest BCUT2D eigenvalue weighted by atomic mass is 10.1. The first kappa shape index (κ1) is 13.3. The van der Waals surface area contributed by atoms with Gasteiger partial charge in [-0.25, -0.2) is 5.48 Å². The molecule has 2 rings (SSSR count). The zero-order valence-electron chi connectivity index (χ0n) is 11.0. The summed E-state index contributed by atoms with van der Waals surface area (Å²) in [6.07, 6.45) is 0. The summed E-state index contributed by atoms with van der Waals surface area (Å²) in [6.45, 7) is 4.50. The second-order valence-electron chi connectivity index (χ2n) is 4.67. The molecule has 1 aromatic carbocycles. The van der Waals surface area contributed by atoms with Crippen molar-refractivity contribution >= 4 is 5.91 Å². The van der Waals surface area contributed by atoms with Crippen molar-refractivity contribution in [1.82, 2.24) is 15.7 Å². The van der Waals surface area contributed by atoms with Gasteiger partial charge in [0.15, 0.2) is 0 Å². The molecule has 0 radical (unpaired) electrons. The zero-order chi connectivity index (χ0) is 13.7. The van der Waals surface area contributed by atoms with Gasteiger partial charge in [0.05, 0.1) is 12.3 Å². The van der Waals surface area contributed by atoms with E-state index in [1.165, 1.54) is 0 Å².